The Balaban J connectivity index is 1.66. The van der Waals surface area contributed by atoms with Gasteiger partial charge in [-0.15, -0.1) is 11.3 Å². The van der Waals surface area contributed by atoms with Crippen molar-refractivity contribution in [1.29, 1.82) is 0 Å². The van der Waals surface area contributed by atoms with Crippen LogP contribution >= 0.6 is 27.3 Å². The van der Waals surface area contributed by atoms with E-state index in [1.54, 1.807) is 10.9 Å². The fourth-order valence-electron chi connectivity index (χ4n) is 3.41. The summed E-state index contributed by atoms with van der Waals surface area (Å²) < 4.78 is 43.6. The van der Waals surface area contributed by atoms with Crippen LogP contribution < -0.4 is 11.1 Å². The molecule has 0 radical (unpaired) electrons. The lowest BCUT2D eigenvalue weighted by atomic mass is 10.1. The summed E-state index contributed by atoms with van der Waals surface area (Å²) in [6.07, 6.45) is -3.07. The zero-order valence-electron chi connectivity index (χ0n) is 18.0. The minimum absolute atomic E-state index is 0.00764. The van der Waals surface area contributed by atoms with Crippen molar-refractivity contribution in [2.45, 2.75) is 33.6 Å². The van der Waals surface area contributed by atoms with Crippen molar-refractivity contribution >= 4 is 55.0 Å². The van der Waals surface area contributed by atoms with E-state index in [1.807, 2.05) is 13.8 Å². The van der Waals surface area contributed by atoms with E-state index in [2.05, 4.69) is 36.4 Å². The third-order valence-electron chi connectivity index (χ3n) is 5.06. The molecule has 0 aromatic carbocycles. The van der Waals surface area contributed by atoms with Gasteiger partial charge in [0.15, 0.2) is 5.69 Å². The minimum atomic E-state index is -4.66. The van der Waals surface area contributed by atoms with E-state index in [9.17, 15) is 22.8 Å². The van der Waals surface area contributed by atoms with Gasteiger partial charge in [-0.3, -0.25) is 14.3 Å². The number of hydrogen-bond donors (Lipinski definition) is 2. The Hall–Kier alpha value is -3.26. The molecule has 0 unspecified atom stereocenters. The summed E-state index contributed by atoms with van der Waals surface area (Å²) in [7, 11) is 0. The molecular weight excluding hydrogens is 539 g/mol. The van der Waals surface area contributed by atoms with Crippen molar-refractivity contribution < 1.29 is 22.8 Å². The Labute approximate surface area is 202 Å². The van der Waals surface area contributed by atoms with Gasteiger partial charge < -0.3 is 11.1 Å². The number of nitrogens with two attached hydrogens (primary N) is 1. The standard InChI is InChI=1S/C20H17BrF3N7O2S/c1-8-6-12(20(22,23)24)26-19-13(8)15(16(34-19)17(25)32)27-18(33)11-4-5-30(29-11)7-31-10(3)14(21)9(2)28-31/h4-6H,7H2,1-3H3,(H2,25,32)(H,27,33). The summed E-state index contributed by atoms with van der Waals surface area (Å²) in [5.41, 5.74) is 6.26. The largest absolute Gasteiger partial charge is 0.433 e. The van der Waals surface area contributed by atoms with Crippen LogP contribution in [0, 0.1) is 20.8 Å². The molecule has 178 valence electrons. The third kappa shape index (κ3) is 4.30. The molecule has 0 saturated heterocycles. The number of primary amides is 1. The van der Waals surface area contributed by atoms with Crippen LogP contribution in [0.5, 0.6) is 0 Å². The first-order chi connectivity index (χ1) is 15.9. The Morgan fingerprint density at radius 2 is 1.94 bits per heavy atom. The second kappa shape index (κ2) is 8.51. The Morgan fingerprint density at radius 3 is 2.53 bits per heavy atom. The van der Waals surface area contributed by atoms with E-state index in [4.69, 9.17) is 5.73 Å². The number of carbonyl (C=O) groups excluding carboxylic acids is 2. The summed E-state index contributed by atoms with van der Waals surface area (Å²) in [6.45, 7) is 5.43. The van der Waals surface area contributed by atoms with Crippen LogP contribution in [0.3, 0.4) is 0 Å². The molecule has 4 rings (SSSR count). The number of halogens is 4. The fraction of sp³-hybridized carbons (Fsp3) is 0.250. The van der Waals surface area contributed by atoms with E-state index in [0.29, 0.717) is 11.3 Å². The number of anilines is 1. The molecule has 4 aromatic heterocycles. The molecule has 0 atom stereocenters. The summed E-state index contributed by atoms with van der Waals surface area (Å²) in [5, 5.41) is 11.4. The van der Waals surface area contributed by atoms with Crippen molar-refractivity contribution in [2.24, 2.45) is 5.73 Å². The number of rotatable bonds is 5. The maximum Gasteiger partial charge on any atom is 0.433 e. The second-order valence-corrected chi connectivity index (χ2v) is 9.29. The highest BCUT2D eigenvalue weighted by Crippen LogP contribution is 2.39. The first kappa shape index (κ1) is 23.9. The van der Waals surface area contributed by atoms with Gasteiger partial charge in [0.1, 0.15) is 22.1 Å². The quantitative estimate of drug-likeness (QED) is 0.381. The molecule has 9 nitrogen and oxygen atoms in total. The van der Waals surface area contributed by atoms with Crippen LogP contribution in [-0.4, -0.2) is 36.4 Å². The number of carbonyl (C=O) groups is 2. The molecule has 4 aromatic rings. The van der Waals surface area contributed by atoms with Gasteiger partial charge in [-0.25, -0.2) is 9.67 Å². The molecule has 0 saturated carbocycles. The zero-order chi connectivity index (χ0) is 24.9. The van der Waals surface area contributed by atoms with E-state index < -0.39 is 23.7 Å². The average Bonchev–Trinajstić information content (AvgIpc) is 3.42. The maximum absolute atomic E-state index is 13.2. The van der Waals surface area contributed by atoms with Crippen molar-refractivity contribution in [1.82, 2.24) is 24.5 Å². The van der Waals surface area contributed by atoms with E-state index in [1.165, 1.54) is 17.7 Å². The molecular formula is C20H17BrF3N7O2S. The van der Waals surface area contributed by atoms with Crippen LogP contribution in [0.25, 0.3) is 10.2 Å². The lowest BCUT2D eigenvalue weighted by Crippen LogP contribution is -2.18. The molecule has 2 amide bonds. The van der Waals surface area contributed by atoms with Crippen LogP contribution in [0.2, 0.25) is 0 Å². The molecule has 14 heteroatoms. The van der Waals surface area contributed by atoms with Crippen molar-refractivity contribution in [3.63, 3.8) is 0 Å². The number of alkyl halides is 3. The average molecular weight is 556 g/mol. The van der Waals surface area contributed by atoms with Crippen LogP contribution in [0.1, 0.15) is 42.8 Å². The third-order valence-corrected chi connectivity index (χ3v) is 7.30. The molecule has 0 fully saturated rings. The summed E-state index contributed by atoms with van der Waals surface area (Å²) in [5.74, 6) is -1.55. The molecule has 3 N–H and O–H groups in total. The van der Waals surface area contributed by atoms with Gasteiger partial charge in [0.05, 0.1) is 21.5 Å². The van der Waals surface area contributed by atoms with Gasteiger partial charge in [0, 0.05) is 11.6 Å². The van der Waals surface area contributed by atoms with Crippen molar-refractivity contribution in [3.05, 3.63) is 56.0 Å². The van der Waals surface area contributed by atoms with E-state index in [0.717, 1.165) is 21.9 Å². The number of nitrogens with one attached hydrogen (secondary N) is 1. The fourth-order valence-corrected chi connectivity index (χ4v) is 4.75. The number of nitrogens with zero attached hydrogens (tertiary/aromatic N) is 5. The second-order valence-electron chi connectivity index (χ2n) is 7.49. The summed E-state index contributed by atoms with van der Waals surface area (Å²) >= 11 is 4.14. The van der Waals surface area contributed by atoms with Crippen molar-refractivity contribution in [2.75, 3.05) is 5.32 Å². The maximum atomic E-state index is 13.2. The van der Waals surface area contributed by atoms with E-state index >= 15 is 0 Å². The SMILES string of the molecule is Cc1nn(Cn2ccc(C(=O)Nc3c(C(N)=O)sc4nc(C(F)(F)F)cc(C)c34)n2)c(C)c1Br. The predicted molar refractivity (Wildman–Crippen MR) is 123 cm³/mol. The van der Waals surface area contributed by atoms with E-state index in [-0.39, 0.29) is 38.7 Å². The van der Waals surface area contributed by atoms with Crippen LogP contribution in [0.15, 0.2) is 22.8 Å². The van der Waals surface area contributed by atoms with Gasteiger partial charge in [0.2, 0.25) is 0 Å². The normalized spacial score (nSPS) is 11.9. The Morgan fingerprint density at radius 1 is 1.24 bits per heavy atom. The number of pyridine rings is 1. The highest BCUT2D eigenvalue weighted by molar-refractivity contribution is 9.10. The lowest BCUT2D eigenvalue weighted by Gasteiger charge is -2.09. The summed E-state index contributed by atoms with van der Waals surface area (Å²) in [6, 6.07) is 2.33. The highest BCUT2D eigenvalue weighted by atomic mass is 79.9. The van der Waals surface area contributed by atoms with Crippen LogP contribution in [0.4, 0.5) is 18.9 Å². The minimum Gasteiger partial charge on any atom is -0.365 e. The first-order valence-electron chi connectivity index (χ1n) is 9.72. The number of aryl methyl sites for hydroxylation is 2. The number of thiophene rings is 1. The topological polar surface area (TPSA) is 121 Å². The number of hydrogen-bond acceptors (Lipinski definition) is 6. The number of fused-ring (bicyclic) bond motifs is 1. The molecule has 0 spiro atoms. The smallest absolute Gasteiger partial charge is 0.365 e. The monoisotopic (exact) mass is 555 g/mol. The van der Waals surface area contributed by atoms with Gasteiger partial charge >= 0.3 is 6.18 Å². The van der Waals surface area contributed by atoms with Crippen molar-refractivity contribution in [3.8, 4) is 0 Å². The van der Waals surface area contributed by atoms with Gasteiger partial charge in [-0.2, -0.15) is 23.4 Å². The highest BCUT2D eigenvalue weighted by Gasteiger charge is 2.34. The molecule has 0 aliphatic heterocycles. The number of amides is 2. The van der Waals surface area contributed by atoms with Gasteiger partial charge in [-0.05, 0) is 54.4 Å². The lowest BCUT2D eigenvalue weighted by molar-refractivity contribution is -0.141. The molecule has 0 bridgehead atoms. The zero-order valence-corrected chi connectivity index (χ0v) is 20.4. The van der Waals surface area contributed by atoms with Gasteiger partial charge in [0.25, 0.3) is 11.8 Å². The predicted octanol–water partition coefficient (Wildman–Crippen LogP) is 4.25. The first-order valence-corrected chi connectivity index (χ1v) is 11.3. The van der Waals surface area contributed by atoms with Crippen LogP contribution in [-0.2, 0) is 12.8 Å². The molecule has 0 aliphatic rings. The summed E-state index contributed by atoms with van der Waals surface area (Å²) in [4.78, 5) is 28.3. The van der Waals surface area contributed by atoms with Gasteiger partial charge in [-0.1, -0.05) is 0 Å². The molecule has 0 aliphatic carbocycles. The number of aromatic nitrogens is 5. The molecule has 4 heterocycles. The Bertz CT molecular complexity index is 1450. The molecule has 34 heavy (non-hydrogen) atoms. The Kier molecular flexibility index (Phi) is 5.97.